The summed E-state index contributed by atoms with van der Waals surface area (Å²) < 4.78 is 5.26. The van der Waals surface area contributed by atoms with Crippen molar-refractivity contribution in [2.45, 2.75) is 6.61 Å². The fraction of sp³-hybridized carbons (Fsp3) is 0.118. The first-order chi connectivity index (χ1) is 10.2. The second-order valence-electron chi connectivity index (χ2n) is 4.74. The zero-order valence-corrected chi connectivity index (χ0v) is 11.6. The number of aromatic hydroxyl groups is 1. The molecule has 0 saturated carbocycles. The van der Waals surface area contributed by atoms with Gasteiger partial charge in [0.1, 0.15) is 5.75 Å². The molecule has 0 fully saturated rings. The lowest BCUT2D eigenvalue weighted by Gasteiger charge is -2.11. The number of benzene rings is 2. The Morgan fingerprint density at radius 3 is 2.71 bits per heavy atom. The molecule has 0 aliphatic heterocycles. The largest absolute Gasteiger partial charge is 0.507 e. The minimum absolute atomic E-state index is 0.0265. The molecular formula is C17H15NO3. The van der Waals surface area contributed by atoms with Crippen LogP contribution in [0.2, 0.25) is 0 Å². The van der Waals surface area contributed by atoms with Crippen molar-refractivity contribution >= 4 is 10.8 Å². The number of phenols is 1. The van der Waals surface area contributed by atoms with Gasteiger partial charge in [-0.05, 0) is 29.3 Å². The molecule has 0 amide bonds. The summed E-state index contributed by atoms with van der Waals surface area (Å²) in [4.78, 5) is 4.30. The molecule has 3 rings (SSSR count). The number of phenolic OH excluding ortho intramolecular Hbond substituents is 1. The summed E-state index contributed by atoms with van der Waals surface area (Å²) in [5.41, 5.74) is 2.51. The summed E-state index contributed by atoms with van der Waals surface area (Å²) in [5.74, 6) is 0.653. The topological polar surface area (TPSA) is 62.6 Å². The predicted molar refractivity (Wildman–Crippen MR) is 81.3 cm³/mol. The van der Waals surface area contributed by atoms with Gasteiger partial charge in [-0.15, -0.1) is 0 Å². The summed E-state index contributed by atoms with van der Waals surface area (Å²) in [6.45, 7) is -0.0265. The molecule has 0 aliphatic rings. The highest BCUT2D eigenvalue weighted by atomic mass is 16.5. The van der Waals surface area contributed by atoms with Crippen LogP contribution < -0.4 is 4.74 Å². The zero-order chi connectivity index (χ0) is 14.8. The molecule has 0 saturated heterocycles. The maximum atomic E-state index is 10.2. The number of ether oxygens (including phenoxy) is 1. The molecule has 2 N–H and O–H groups in total. The number of fused-ring (bicyclic) bond motifs is 1. The van der Waals surface area contributed by atoms with Gasteiger partial charge in [0.25, 0.3) is 0 Å². The molecule has 4 nitrogen and oxygen atoms in total. The fourth-order valence-electron chi connectivity index (χ4n) is 2.48. The molecule has 0 aliphatic carbocycles. The van der Waals surface area contributed by atoms with Gasteiger partial charge in [-0.1, -0.05) is 24.3 Å². The van der Waals surface area contributed by atoms with Crippen LogP contribution in [0.3, 0.4) is 0 Å². The molecule has 2 aromatic carbocycles. The molecule has 1 aromatic heterocycles. The van der Waals surface area contributed by atoms with E-state index in [1.54, 1.807) is 25.4 Å². The number of nitrogens with zero attached hydrogens (tertiary/aromatic N) is 1. The molecule has 0 radical (unpaired) electrons. The number of pyridine rings is 1. The van der Waals surface area contributed by atoms with E-state index in [1.807, 2.05) is 30.3 Å². The fourth-order valence-corrected chi connectivity index (χ4v) is 2.48. The maximum Gasteiger partial charge on any atom is 0.221 e. The Morgan fingerprint density at radius 2 is 1.95 bits per heavy atom. The van der Waals surface area contributed by atoms with Gasteiger partial charge in [0, 0.05) is 22.5 Å². The van der Waals surface area contributed by atoms with Crippen LogP contribution >= 0.6 is 0 Å². The molecule has 1 heterocycles. The van der Waals surface area contributed by atoms with Crippen LogP contribution in [0.25, 0.3) is 21.9 Å². The maximum absolute atomic E-state index is 10.2. The van der Waals surface area contributed by atoms with Gasteiger partial charge in [-0.3, -0.25) is 0 Å². The zero-order valence-electron chi connectivity index (χ0n) is 11.6. The molecule has 0 spiro atoms. The normalized spacial score (nSPS) is 10.8. The Morgan fingerprint density at radius 1 is 1.14 bits per heavy atom. The minimum Gasteiger partial charge on any atom is -0.507 e. The van der Waals surface area contributed by atoms with Crippen LogP contribution in [0.4, 0.5) is 0 Å². The van der Waals surface area contributed by atoms with Gasteiger partial charge in [0.05, 0.1) is 13.7 Å². The van der Waals surface area contributed by atoms with Crippen molar-refractivity contribution in [1.82, 2.24) is 4.98 Å². The summed E-state index contributed by atoms with van der Waals surface area (Å²) >= 11 is 0. The van der Waals surface area contributed by atoms with Gasteiger partial charge in [0.15, 0.2) is 0 Å². The first-order valence-electron chi connectivity index (χ1n) is 6.59. The van der Waals surface area contributed by atoms with Gasteiger partial charge < -0.3 is 14.9 Å². The van der Waals surface area contributed by atoms with Gasteiger partial charge in [-0.25, -0.2) is 4.98 Å². The van der Waals surface area contributed by atoms with E-state index in [0.717, 1.165) is 22.1 Å². The number of hydrogen-bond acceptors (Lipinski definition) is 4. The van der Waals surface area contributed by atoms with Gasteiger partial charge in [0.2, 0.25) is 5.88 Å². The molecule has 0 unspecified atom stereocenters. The van der Waals surface area contributed by atoms with Crippen molar-refractivity contribution in [3.63, 3.8) is 0 Å². The highest BCUT2D eigenvalue weighted by Gasteiger charge is 2.13. The molecule has 21 heavy (non-hydrogen) atoms. The smallest absolute Gasteiger partial charge is 0.221 e. The van der Waals surface area contributed by atoms with E-state index in [1.165, 1.54) is 0 Å². The number of aromatic nitrogens is 1. The number of methoxy groups -OCH3 is 1. The van der Waals surface area contributed by atoms with Crippen LogP contribution in [-0.2, 0) is 6.61 Å². The Hall–Kier alpha value is -2.59. The van der Waals surface area contributed by atoms with Crippen LogP contribution in [-0.4, -0.2) is 22.3 Å². The van der Waals surface area contributed by atoms with E-state index in [4.69, 9.17) is 4.74 Å². The Labute approximate surface area is 122 Å². The van der Waals surface area contributed by atoms with E-state index in [0.29, 0.717) is 11.3 Å². The van der Waals surface area contributed by atoms with Crippen molar-refractivity contribution in [1.29, 1.82) is 0 Å². The lowest BCUT2D eigenvalue weighted by Crippen LogP contribution is -1.92. The second-order valence-corrected chi connectivity index (χ2v) is 4.74. The average Bonchev–Trinajstić information content (AvgIpc) is 2.54. The number of aliphatic hydroxyl groups is 1. The van der Waals surface area contributed by atoms with Crippen LogP contribution in [0, 0.1) is 0 Å². The van der Waals surface area contributed by atoms with Crippen LogP contribution in [0.5, 0.6) is 11.6 Å². The monoisotopic (exact) mass is 281 g/mol. The number of hydrogen-bond donors (Lipinski definition) is 2. The van der Waals surface area contributed by atoms with E-state index < -0.39 is 0 Å². The van der Waals surface area contributed by atoms with E-state index in [9.17, 15) is 10.2 Å². The standard InChI is InChI=1S/C17H15NO3/c1-21-17-13-6-3-7-15(20)16(13)14(9-18-17)12-5-2-4-11(8-12)10-19/h2-9,19-20H,10H2,1H3. The Balaban J connectivity index is 2.32. The summed E-state index contributed by atoms with van der Waals surface area (Å²) in [6.07, 6.45) is 1.68. The van der Waals surface area contributed by atoms with Crippen LogP contribution in [0.15, 0.2) is 48.7 Å². The predicted octanol–water partition coefficient (Wildman–Crippen LogP) is 3.11. The number of rotatable bonds is 3. The second kappa shape index (κ2) is 5.42. The lowest BCUT2D eigenvalue weighted by molar-refractivity contribution is 0.282. The lowest BCUT2D eigenvalue weighted by atomic mass is 9.98. The Bertz CT molecular complexity index is 799. The van der Waals surface area contributed by atoms with E-state index in [-0.39, 0.29) is 12.4 Å². The average molecular weight is 281 g/mol. The first kappa shape index (κ1) is 13.4. The molecule has 3 aromatic rings. The third-order valence-electron chi connectivity index (χ3n) is 3.47. The first-order valence-corrected chi connectivity index (χ1v) is 6.59. The van der Waals surface area contributed by atoms with Crippen molar-refractivity contribution in [3.8, 4) is 22.8 Å². The van der Waals surface area contributed by atoms with Crippen LogP contribution in [0.1, 0.15) is 5.56 Å². The Kier molecular flexibility index (Phi) is 3.46. The highest BCUT2D eigenvalue weighted by molar-refractivity contribution is 6.02. The summed E-state index contributed by atoms with van der Waals surface area (Å²) in [5, 5.41) is 20.9. The molecular weight excluding hydrogens is 266 g/mol. The van der Waals surface area contributed by atoms with Gasteiger partial charge >= 0.3 is 0 Å². The molecule has 4 heteroatoms. The van der Waals surface area contributed by atoms with Crippen molar-refractivity contribution in [2.24, 2.45) is 0 Å². The molecule has 106 valence electrons. The number of aliphatic hydroxyl groups excluding tert-OH is 1. The van der Waals surface area contributed by atoms with E-state index in [2.05, 4.69) is 4.98 Å². The third-order valence-corrected chi connectivity index (χ3v) is 3.47. The highest BCUT2D eigenvalue weighted by Crippen LogP contribution is 2.37. The molecule has 0 bridgehead atoms. The minimum atomic E-state index is -0.0265. The quantitative estimate of drug-likeness (QED) is 0.774. The molecule has 0 atom stereocenters. The third kappa shape index (κ3) is 2.30. The van der Waals surface area contributed by atoms with Gasteiger partial charge in [-0.2, -0.15) is 0 Å². The van der Waals surface area contributed by atoms with Crippen molar-refractivity contribution < 1.29 is 14.9 Å². The van der Waals surface area contributed by atoms with Crippen molar-refractivity contribution in [3.05, 3.63) is 54.2 Å². The summed E-state index contributed by atoms with van der Waals surface area (Å²) in [7, 11) is 1.55. The van der Waals surface area contributed by atoms with E-state index >= 15 is 0 Å². The summed E-state index contributed by atoms with van der Waals surface area (Å²) in [6, 6.07) is 12.8. The SMILES string of the molecule is COc1ncc(-c2cccc(CO)c2)c2c(O)cccc12. The van der Waals surface area contributed by atoms with Crippen molar-refractivity contribution in [2.75, 3.05) is 7.11 Å².